The molecule has 0 aromatic heterocycles. The normalized spacial score (nSPS) is 14.4. The van der Waals surface area contributed by atoms with Crippen molar-refractivity contribution in [1.82, 2.24) is 4.90 Å². The molecule has 0 N–H and O–H groups in total. The van der Waals surface area contributed by atoms with Crippen LogP contribution in [0, 0.1) is 5.82 Å². The zero-order chi connectivity index (χ0) is 18.2. The monoisotopic (exact) mass is 353 g/mol. The quantitative estimate of drug-likeness (QED) is 0.779. The number of carbonyl (C=O) groups is 1. The minimum absolute atomic E-state index is 0.142. The minimum atomic E-state index is -4.55. The summed E-state index contributed by atoms with van der Waals surface area (Å²) >= 11 is 0. The highest BCUT2D eigenvalue weighted by molar-refractivity contribution is 5.97. The van der Waals surface area contributed by atoms with Gasteiger partial charge in [-0.1, -0.05) is 6.07 Å². The Balaban J connectivity index is 1.85. The van der Waals surface area contributed by atoms with Crippen molar-refractivity contribution in [3.05, 3.63) is 64.5 Å². The maximum absolute atomic E-state index is 13.8. The van der Waals surface area contributed by atoms with Crippen molar-refractivity contribution in [2.75, 3.05) is 13.6 Å². The Labute approximate surface area is 141 Å². The SMILES string of the molecule is CN1CCc2c(OCc3cc(C(F)(F)F)ccc3F)cccc2C1=O. The standard InChI is InChI=1S/C18H15F4NO2/c1-23-8-7-13-14(17(23)24)3-2-4-16(13)25-10-11-9-12(18(20,21)22)5-6-15(11)19/h2-6,9H,7-8,10H2,1H3. The molecule has 2 aromatic rings. The van der Waals surface area contributed by atoms with Crippen LogP contribution in [0.1, 0.15) is 27.0 Å². The van der Waals surface area contributed by atoms with Gasteiger partial charge in [-0.15, -0.1) is 0 Å². The van der Waals surface area contributed by atoms with Crippen LogP contribution in [0.15, 0.2) is 36.4 Å². The Hall–Kier alpha value is -2.57. The van der Waals surface area contributed by atoms with Crippen molar-refractivity contribution in [3.8, 4) is 5.75 Å². The predicted molar refractivity (Wildman–Crippen MR) is 82.8 cm³/mol. The van der Waals surface area contributed by atoms with E-state index in [-0.39, 0.29) is 18.1 Å². The van der Waals surface area contributed by atoms with Gasteiger partial charge in [-0.05, 0) is 36.8 Å². The molecule has 0 fully saturated rings. The van der Waals surface area contributed by atoms with Gasteiger partial charge < -0.3 is 9.64 Å². The third-order valence-electron chi connectivity index (χ3n) is 4.16. The highest BCUT2D eigenvalue weighted by atomic mass is 19.4. The molecule has 25 heavy (non-hydrogen) atoms. The lowest BCUT2D eigenvalue weighted by Crippen LogP contribution is -2.34. The van der Waals surface area contributed by atoms with Crippen molar-refractivity contribution in [2.45, 2.75) is 19.2 Å². The largest absolute Gasteiger partial charge is 0.488 e. The number of alkyl halides is 3. The fraction of sp³-hybridized carbons (Fsp3) is 0.278. The number of amides is 1. The second kappa shape index (κ2) is 6.38. The van der Waals surface area contributed by atoms with E-state index < -0.39 is 17.6 Å². The average molecular weight is 353 g/mol. The van der Waals surface area contributed by atoms with Gasteiger partial charge in [0.1, 0.15) is 18.2 Å². The van der Waals surface area contributed by atoms with E-state index in [0.717, 1.165) is 12.1 Å². The summed E-state index contributed by atoms with van der Waals surface area (Å²) in [7, 11) is 1.69. The van der Waals surface area contributed by atoms with Crippen LogP contribution in [0.4, 0.5) is 17.6 Å². The van der Waals surface area contributed by atoms with E-state index in [9.17, 15) is 22.4 Å². The summed E-state index contributed by atoms with van der Waals surface area (Å²) in [4.78, 5) is 13.7. The predicted octanol–water partition coefficient (Wildman–Crippen LogP) is 4.05. The number of halogens is 4. The van der Waals surface area contributed by atoms with Crippen LogP contribution in [0.5, 0.6) is 5.75 Å². The maximum Gasteiger partial charge on any atom is 0.416 e. The van der Waals surface area contributed by atoms with Crippen molar-refractivity contribution in [3.63, 3.8) is 0 Å². The van der Waals surface area contributed by atoms with Crippen LogP contribution in [0.2, 0.25) is 0 Å². The number of likely N-dealkylation sites (N-methyl/N-ethyl adjacent to an activating group) is 1. The number of fused-ring (bicyclic) bond motifs is 1. The molecule has 7 heteroatoms. The van der Waals surface area contributed by atoms with E-state index in [4.69, 9.17) is 4.74 Å². The molecule has 0 saturated carbocycles. The molecule has 0 radical (unpaired) electrons. The maximum atomic E-state index is 13.8. The van der Waals surface area contributed by atoms with Crippen molar-refractivity contribution in [1.29, 1.82) is 0 Å². The number of nitrogens with zero attached hydrogens (tertiary/aromatic N) is 1. The van der Waals surface area contributed by atoms with Gasteiger partial charge in [0.15, 0.2) is 0 Å². The number of benzene rings is 2. The molecule has 0 bridgehead atoms. The average Bonchev–Trinajstić information content (AvgIpc) is 2.56. The molecule has 132 valence electrons. The molecule has 0 saturated heterocycles. The first-order chi connectivity index (χ1) is 11.8. The van der Waals surface area contributed by atoms with Crippen LogP contribution in [0.25, 0.3) is 0 Å². The van der Waals surface area contributed by atoms with E-state index in [2.05, 4.69) is 0 Å². The molecule has 1 heterocycles. The molecule has 1 aliphatic heterocycles. The first kappa shape index (κ1) is 17.3. The number of rotatable bonds is 3. The van der Waals surface area contributed by atoms with Gasteiger partial charge in [-0.2, -0.15) is 13.2 Å². The zero-order valence-corrected chi connectivity index (χ0v) is 13.4. The van der Waals surface area contributed by atoms with Crippen LogP contribution in [0.3, 0.4) is 0 Å². The van der Waals surface area contributed by atoms with Gasteiger partial charge in [0.2, 0.25) is 0 Å². The summed E-state index contributed by atoms with van der Waals surface area (Å²) in [6.45, 7) is 0.167. The molecule has 0 spiro atoms. The lowest BCUT2D eigenvalue weighted by molar-refractivity contribution is -0.137. The van der Waals surface area contributed by atoms with Crippen LogP contribution < -0.4 is 4.74 Å². The van der Waals surface area contributed by atoms with Gasteiger partial charge in [-0.3, -0.25) is 4.79 Å². The van der Waals surface area contributed by atoms with E-state index in [1.165, 1.54) is 0 Å². The molecule has 1 aliphatic rings. The second-order valence-corrected chi connectivity index (χ2v) is 5.85. The fourth-order valence-corrected chi connectivity index (χ4v) is 2.76. The molecule has 2 aromatic carbocycles. The highest BCUT2D eigenvalue weighted by Gasteiger charge is 2.31. The molecule has 3 rings (SSSR count). The van der Waals surface area contributed by atoms with Crippen molar-refractivity contribution in [2.24, 2.45) is 0 Å². The summed E-state index contributed by atoms with van der Waals surface area (Å²) in [5, 5.41) is 0. The minimum Gasteiger partial charge on any atom is -0.488 e. The summed E-state index contributed by atoms with van der Waals surface area (Å²) in [6.07, 6.45) is -3.98. The molecular weight excluding hydrogens is 338 g/mol. The number of hydrogen-bond acceptors (Lipinski definition) is 2. The Morgan fingerprint density at radius 2 is 1.96 bits per heavy atom. The van der Waals surface area contributed by atoms with Crippen molar-refractivity contribution >= 4 is 5.91 Å². The Morgan fingerprint density at radius 3 is 2.68 bits per heavy atom. The van der Waals surface area contributed by atoms with Gasteiger partial charge in [-0.25, -0.2) is 4.39 Å². The summed E-state index contributed by atoms with van der Waals surface area (Å²) in [5.74, 6) is -0.527. The fourth-order valence-electron chi connectivity index (χ4n) is 2.76. The van der Waals surface area contributed by atoms with E-state index in [0.29, 0.717) is 35.9 Å². The topological polar surface area (TPSA) is 29.5 Å². The molecule has 3 nitrogen and oxygen atoms in total. The Morgan fingerprint density at radius 1 is 1.20 bits per heavy atom. The molecule has 0 atom stereocenters. The molecule has 0 aliphatic carbocycles. The number of carbonyl (C=O) groups excluding carboxylic acids is 1. The van der Waals surface area contributed by atoms with Gasteiger partial charge in [0.05, 0.1) is 5.56 Å². The number of ether oxygens (including phenoxy) is 1. The third-order valence-corrected chi connectivity index (χ3v) is 4.16. The van der Waals surface area contributed by atoms with Crippen molar-refractivity contribution < 1.29 is 27.1 Å². The van der Waals surface area contributed by atoms with E-state index in [1.807, 2.05) is 0 Å². The van der Waals surface area contributed by atoms with Crippen LogP contribution in [-0.2, 0) is 19.2 Å². The van der Waals surface area contributed by atoms with Crippen LogP contribution >= 0.6 is 0 Å². The lowest BCUT2D eigenvalue weighted by Gasteiger charge is -2.26. The summed E-state index contributed by atoms with van der Waals surface area (Å²) in [5.41, 5.74) is 0.0693. The second-order valence-electron chi connectivity index (χ2n) is 5.85. The molecular formula is C18H15F4NO2. The molecule has 1 amide bonds. The van der Waals surface area contributed by atoms with E-state index in [1.54, 1.807) is 30.1 Å². The van der Waals surface area contributed by atoms with E-state index >= 15 is 0 Å². The third kappa shape index (κ3) is 3.45. The summed E-state index contributed by atoms with van der Waals surface area (Å²) < 4.78 is 57.6. The lowest BCUT2D eigenvalue weighted by atomic mass is 9.98. The van der Waals surface area contributed by atoms with Gasteiger partial charge >= 0.3 is 6.18 Å². The highest BCUT2D eigenvalue weighted by Crippen LogP contribution is 2.32. The first-order valence-electron chi connectivity index (χ1n) is 7.63. The Kier molecular flexibility index (Phi) is 4.41. The number of hydrogen-bond donors (Lipinski definition) is 0. The summed E-state index contributed by atoms with van der Waals surface area (Å²) in [6, 6.07) is 7.14. The van der Waals surface area contributed by atoms with Crippen LogP contribution in [-0.4, -0.2) is 24.4 Å². The smallest absolute Gasteiger partial charge is 0.416 e. The zero-order valence-electron chi connectivity index (χ0n) is 13.4. The van der Waals surface area contributed by atoms with Gasteiger partial charge in [0.25, 0.3) is 5.91 Å². The Bertz CT molecular complexity index is 817. The van der Waals surface area contributed by atoms with Gasteiger partial charge in [0, 0.05) is 30.3 Å². The first-order valence-corrected chi connectivity index (χ1v) is 7.63. The molecule has 0 unspecified atom stereocenters.